The molecule has 1 aliphatic rings. The molecule has 4 nitrogen and oxygen atoms in total. The summed E-state index contributed by atoms with van der Waals surface area (Å²) in [5.74, 6) is -0.613. The number of halogens is 1. The van der Waals surface area contributed by atoms with E-state index < -0.39 is 12.0 Å². The largest absolute Gasteiger partial charge is 0.480 e. The van der Waals surface area contributed by atoms with Crippen LogP contribution in [0.2, 0.25) is 0 Å². The first-order valence-corrected chi connectivity index (χ1v) is 8.38. The lowest BCUT2D eigenvalue weighted by Gasteiger charge is -2.44. The van der Waals surface area contributed by atoms with Crippen LogP contribution in [0, 0.1) is 11.7 Å². The van der Waals surface area contributed by atoms with E-state index in [1.54, 1.807) is 12.1 Å². The maximum Gasteiger partial charge on any atom is 0.325 e. The summed E-state index contributed by atoms with van der Waals surface area (Å²) < 4.78 is 13.1. The second kappa shape index (κ2) is 7.88. The number of hydrogen-bond donors (Lipinski definition) is 1. The van der Waals surface area contributed by atoms with Crippen molar-refractivity contribution in [3.63, 3.8) is 0 Å². The zero-order chi connectivity index (χ0) is 17.0. The zero-order valence-electron chi connectivity index (χ0n) is 14.2. The molecule has 2 atom stereocenters. The van der Waals surface area contributed by atoms with Gasteiger partial charge >= 0.3 is 5.97 Å². The van der Waals surface area contributed by atoms with Gasteiger partial charge in [0.25, 0.3) is 0 Å². The van der Waals surface area contributed by atoms with Gasteiger partial charge in [0, 0.05) is 32.2 Å². The summed E-state index contributed by atoms with van der Waals surface area (Å²) in [5.41, 5.74) is 0.645. The van der Waals surface area contributed by atoms with Gasteiger partial charge in [0.05, 0.1) is 0 Å². The van der Waals surface area contributed by atoms with E-state index in [-0.39, 0.29) is 5.82 Å². The second-order valence-electron chi connectivity index (χ2n) is 6.74. The fourth-order valence-corrected chi connectivity index (χ4v) is 3.40. The van der Waals surface area contributed by atoms with Crippen LogP contribution in [0.1, 0.15) is 38.8 Å². The van der Waals surface area contributed by atoms with Gasteiger partial charge < -0.3 is 5.11 Å². The fourth-order valence-electron chi connectivity index (χ4n) is 3.40. The SMILES string of the molecule is CCC1CN(C(C(=O)O)c2ccc(F)cc2)CCN1CC(C)C. The van der Waals surface area contributed by atoms with Crippen LogP contribution in [0.4, 0.5) is 4.39 Å². The van der Waals surface area contributed by atoms with Gasteiger partial charge in [0.15, 0.2) is 0 Å². The Balaban J connectivity index is 2.15. The number of carboxylic acid groups (broad SMARTS) is 1. The normalized spacial score (nSPS) is 21.5. The van der Waals surface area contributed by atoms with Gasteiger partial charge in [0.2, 0.25) is 0 Å². The minimum absolute atomic E-state index is 0.342. The number of carbonyl (C=O) groups is 1. The molecule has 1 heterocycles. The quantitative estimate of drug-likeness (QED) is 0.874. The van der Waals surface area contributed by atoms with Gasteiger partial charge in [-0.2, -0.15) is 0 Å². The Morgan fingerprint density at radius 2 is 1.96 bits per heavy atom. The van der Waals surface area contributed by atoms with Crippen molar-refractivity contribution in [1.82, 2.24) is 9.80 Å². The first-order chi connectivity index (χ1) is 10.9. The molecule has 23 heavy (non-hydrogen) atoms. The van der Waals surface area contributed by atoms with Crippen LogP contribution in [-0.2, 0) is 4.79 Å². The van der Waals surface area contributed by atoms with E-state index in [1.165, 1.54) is 12.1 Å². The number of hydrogen-bond acceptors (Lipinski definition) is 3. The molecule has 128 valence electrons. The summed E-state index contributed by atoms with van der Waals surface area (Å²) in [7, 11) is 0. The average molecular weight is 322 g/mol. The molecule has 2 unspecified atom stereocenters. The maximum atomic E-state index is 13.1. The summed E-state index contributed by atoms with van der Waals surface area (Å²) in [6, 6.07) is 5.49. The van der Waals surface area contributed by atoms with Crippen molar-refractivity contribution in [3.8, 4) is 0 Å². The molecule has 1 aromatic carbocycles. The van der Waals surface area contributed by atoms with Crippen LogP contribution in [0.15, 0.2) is 24.3 Å². The topological polar surface area (TPSA) is 43.8 Å². The summed E-state index contributed by atoms with van der Waals surface area (Å²) in [6.07, 6.45) is 0.999. The second-order valence-corrected chi connectivity index (χ2v) is 6.74. The molecule has 1 aliphatic heterocycles. The molecule has 0 amide bonds. The smallest absolute Gasteiger partial charge is 0.325 e. The fraction of sp³-hybridized carbons (Fsp3) is 0.611. The van der Waals surface area contributed by atoms with E-state index >= 15 is 0 Å². The summed E-state index contributed by atoms with van der Waals surface area (Å²) >= 11 is 0. The minimum atomic E-state index is -0.872. The molecule has 1 aromatic rings. The minimum Gasteiger partial charge on any atom is -0.480 e. The number of piperazine rings is 1. The Morgan fingerprint density at radius 1 is 1.30 bits per heavy atom. The van der Waals surface area contributed by atoms with Crippen LogP contribution in [0.25, 0.3) is 0 Å². The zero-order valence-corrected chi connectivity index (χ0v) is 14.2. The van der Waals surface area contributed by atoms with E-state index in [1.807, 2.05) is 4.90 Å². The average Bonchev–Trinajstić information content (AvgIpc) is 2.50. The molecule has 1 saturated heterocycles. The summed E-state index contributed by atoms with van der Waals surface area (Å²) in [5, 5.41) is 9.67. The van der Waals surface area contributed by atoms with Crippen LogP contribution in [0.3, 0.4) is 0 Å². The van der Waals surface area contributed by atoms with Gasteiger partial charge in [-0.3, -0.25) is 14.6 Å². The summed E-state index contributed by atoms with van der Waals surface area (Å²) in [6.45, 7) is 9.93. The highest BCUT2D eigenvalue weighted by atomic mass is 19.1. The third-order valence-corrected chi connectivity index (χ3v) is 4.49. The third-order valence-electron chi connectivity index (χ3n) is 4.49. The molecule has 0 aliphatic carbocycles. The summed E-state index contributed by atoms with van der Waals surface area (Å²) in [4.78, 5) is 16.3. The molecule has 0 saturated carbocycles. The monoisotopic (exact) mass is 322 g/mol. The lowest BCUT2D eigenvalue weighted by atomic mass is 10.0. The third kappa shape index (κ3) is 4.52. The van der Waals surface area contributed by atoms with Crippen molar-refractivity contribution in [1.29, 1.82) is 0 Å². The van der Waals surface area contributed by atoms with Gasteiger partial charge in [-0.25, -0.2) is 4.39 Å². The van der Waals surface area contributed by atoms with E-state index in [0.717, 1.165) is 32.6 Å². The van der Waals surface area contributed by atoms with E-state index in [2.05, 4.69) is 25.7 Å². The Bertz CT molecular complexity index is 518. The van der Waals surface area contributed by atoms with Gasteiger partial charge in [-0.1, -0.05) is 32.9 Å². The molecule has 1 N–H and O–H groups in total. The van der Waals surface area contributed by atoms with Crippen molar-refractivity contribution in [3.05, 3.63) is 35.6 Å². The Labute approximate surface area is 137 Å². The molecule has 2 rings (SSSR count). The van der Waals surface area contributed by atoms with Crippen LogP contribution >= 0.6 is 0 Å². The van der Waals surface area contributed by atoms with Gasteiger partial charge in [-0.15, -0.1) is 0 Å². The van der Waals surface area contributed by atoms with Crippen LogP contribution < -0.4 is 0 Å². The molecule has 0 bridgehead atoms. The molecule has 5 heteroatoms. The lowest BCUT2D eigenvalue weighted by Crippen LogP contribution is -2.55. The van der Waals surface area contributed by atoms with E-state index in [9.17, 15) is 14.3 Å². The number of aliphatic carboxylic acids is 1. The number of nitrogens with zero attached hydrogens (tertiary/aromatic N) is 2. The number of rotatable bonds is 6. The van der Waals surface area contributed by atoms with Crippen LogP contribution in [0.5, 0.6) is 0 Å². The Kier molecular flexibility index (Phi) is 6.13. The van der Waals surface area contributed by atoms with E-state index in [0.29, 0.717) is 17.5 Å². The Hall–Kier alpha value is -1.46. The lowest BCUT2D eigenvalue weighted by molar-refractivity contribution is -0.145. The standard InChI is InChI=1S/C18H27FN2O2/c1-4-16-12-21(10-9-20(16)11-13(2)3)17(18(22)23)14-5-7-15(19)8-6-14/h5-8,13,16-17H,4,9-12H2,1-3H3,(H,22,23). The number of carboxylic acids is 1. The van der Waals surface area contributed by atoms with Crippen molar-refractivity contribution in [2.24, 2.45) is 5.92 Å². The highest BCUT2D eigenvalue weighted by molar-refractivity contribution is 5.75. The van der Waals surface area contributed by atoms with Crippen molar-refractivity contribution < 1.29 is 14.3 Å². The first-order valence-electron chi connectivity index (χ1n) is 8.38. The highest BCUT2D eigenvalue weighted by Crippen LogP contribution is 2.26. The van der Waals surface area contributed by atoms with Gasteiger partial charge in [0.1, 0.15) is 11.9 Å². The Morgan fingerprint density at radius 3 is 2.48 bits per heavy atom. The highest BCUT2D eigenvalue weighted by Gasteiger charge is 2.34. The van der Waals surface area contributed by atoms with Crippen molar-refractivity contribution in [2.75, 3.05) is 26.2 Å². The van der Waals surface area contributed by atoms with Crippen LogP contribution in [-0.4, -0.2) is 53.1 Å². The molecular formula is C18H27FN2O2. The van der Waals surface area contributed by atoms with E-state index in [4.69, 9.17) is 0 Å². The number of benzene rings is 1. The van der Waals surface area contributed by atoms with Crippen molar-refractivity contribution >= 4 is 5.97 Å². The predicted octanol–water partition coefficient (Wildman–Crippen LogP) is 3.00. The maximum absolute atomic E-state index is 13.1. The van der Waals surface area contributed by atoms with Crippen molar-refractivity contribution in [2.45, 2.75) is 39.3 Å². The molecule has 0 aromatic heterocycles. The molecule has 1 fully saturated rings. The predicted molar refractivity (Wildman–Crippen MR) is 88.8 cm³/mol. The molecule has 0 radical (unpaired) electrons. The van der Waals surface area contributed by atoms with Gasteiger partial charge in [-0.05, 0) is 30.0 Å². The molecule has 0 spiro atoms. The molecular weight excluding hydrogens is 295 g/mol. The first kappa shape index (κ1) is 17.9.